The molecule has 1 aromatic carbocycles. The van der Waals surface area contributed by atoms with E-state index in [-0.39, 0.29) is 17.0 Å². The van der Waals surface area contributed by atoms with E-state index in [4.69, 9.17) is 0 Å². The molecule has 0 fully saturated rings. The topological polar surface area (TPSA) is 12.0 Å². The van der Waals surface area contributed by atoms with E-state index in [2.05, 4.69) is 77.7 Å². The molecule has 0 spiro atoms. The third kappa shape index (κ3) is 4.30. The van der Waals surface area contributed by atoms with Gasteiger partial charge in [0, 0.05) is 5.54 Å². The Hall–Kier alpha value is -1.08. The number of benzene rings is 1. The molecule has 1 aromatic rings. The second kappa shape index (κ2) is 5.27. The summed E-state index contributed by atoms with van der Waals surface area (Å²) in [5.74, 6) is 0. The summed E-state index contributed by atoms with van der Waals surface area (Å²) in [6.07, 6.45) is 1.97. The third-order valence-electron chi connectivity index (χ3n) is 2.96. The summed E-state index contributed by atoms with van der Waals surface area (Å²) in [7, 11) is 0. The van der Waals surface area contributed by atoms with Crippen LogP contribution in [-0.2, 0) is 5.41 Å². The number of nitrogens with one attached hydrogen (secondary N) is 1. The van der Waals surface area contributed by atoms with Crippen LogP contribution >= 0.6 is 0 Å². The summed E-state index contributed by atoms with van der Waals surface area (Å²) in [6.45, 7) is 17.2. The molecule has 0 aromatic heterocycles. The Morgan fingerprint density at radius 2 is 1.50 bits per heavy atom. The first kappa shape index (κ1) is 15.0. The predicted molar refractivity (Wildman–Crippen MR) is 81.0 cm³/mol. The van der Waals surface area contributed by atoms with Crippen molar-refractivity contribution in [2.45, 2.75) is 58.5 Å². The Bertz CT molecular complexity index is 387. The molecule has 0 aliphatic carbocycles. The average Bonchev–Trinajstić information content (AvgIpc) is 2.24. The molecule has 18 heavy (non-hydrogen) atoms. The second-order valence-corrected chi connectivity index (χ2v) is 6.98. The highest BCUT2D eigenvalue weighted by atomic mass is 15.0. The van der Waals surface area contributed by atoms with Crippen molar-refractivity contribution in [1.82, 2.24) is 5.32 Å². The van der Waals surface area contributed by atoms with Gasteiger partial charge in [-0.3, -0.25) is 0 Å². The molecule has 1 N–H and O–H groups in total. The summed E-state index contributed by atoms with van der Waals surface area (Å²) in [5.41, 5.74) is 2.93. The van der Waals surface area contributed by atoms with Gasteiger partial charge in [0.2, 0.25) is 0 Å². The predicted octanol–water partition coefficient (Wildman–Crippen LogP) is 4.60. The minimum Gasteiger partial charge on any atom is -0.302 e. The minimum absolute atomic E-state index is 0.0849. The fourth-order valence-corrected chi connectivity index (χ4v) is 1.94. The lowest BCUT2D eigenvalue weighted by Crippen LogP contribution is -2.38. The SMILES string of the molecule is C=C[C@H](NC(C)(C)C)c1ccc(C(C)(C)C)cc1. The molecule has 1 rings (SSSR count). The maximum atomic E-state index is 3.93. The monoisotopic (exact) mass is 245 g/mol. The average molecular weight is 245 g/mol. The summed E-state index contributed by atoms with van der Waals surface area (Å²) < 4.78 is 0. The standard InChI is InChI=1S/C17H27N/c1-8-15(18-17(5,6)7)13-9-11-14(12-10-13)16(2,3)4/h8-12,15,18H,1H2,2-7H3/t15-/m0/s1. The summed E-state index contributed by atoms with van der Waals surface area (Å²) in [6, 6.07) is 9.04. The molecule has 0 radical (unpaired) electrons. The Balaban J connectivity index is 2.92. The molecular weight excluding hydrogens is 218 g/mol. The van der Waals surface area contributed by atoms with Crippen molar-refractivity contribution >= 4 is 0 Å². The van der Waals surface area contributed by atoms with E-state index in [0.717, 1.165) is 0 Å². The molecule has 1 heteroatoms. The smallest absolute Gasteiger partial charge is 0.0507 e. The Morgan fingerprint density at radius 3 is 1.83 bits per heavy atom. The van der Waals surface area contributed by atoms with Crippen molar-refractivity contribution in [3.8, 4) is 0 Å². The van der Waals surface area contributed by atoms with Crippen LogP contribution in [0.3, 0.4) is 0 Å². The minimum atomic E-state index is 0.0849. The van der Waals surface area contributed by atoms with Gasteiger partial charge < -0.3 is 5.32 Å². The van der Waals surface area contributed by atoms with Crippen molar-refractivity contribution in [1.29, 1.82) is 0 Å². The van der Waals surface area contributed by atoms with Crippen molar-refractivity contribution in [2.24, 2.45) is 0 Å². The Kier molecular flexibility index (Phi) is 4.39. The molecule has 0 bridgehead atoms. The van der Waals surface area contributed by atoms with Crippen LogP contribution in [0.15, 0.2) is 36.9 Å². The molecule has 1 atom stereocenters. The summed E-state index contributed by atoms with van der Waals surface area (Å²) in [4.78, 5) is 0. The molecule has 1 nitrogen and oxygen atoms in total. The van der Waals surface area contributed by atoms with E-state index in [0.29, 0.717) is 0 Å². The van der Waals surface area contributed by atoms with E-state index >= 15 is 0 Å². The van der Waals surface area contributed by atoms with Gasteiger partial charge in [-0.25, -0.2) is 0 Å². The molecule has 0 saturated carbocycles. The lowest BCUT2D eigenvalue weighted by Gasteiger charge is -2.27. The van der Waals surface area contributed by atoms with Crippen LogP contribution < -0.4 is 5.32 Å². The fourth-order valence-electron chi connectivity index (χ4n) is 1.94. The van der Waals surface area contributed by atoms with Crippen LogP contribution in [0.5, 0.6) is 0 Å². The third-order valence-corrected chi connectivity index (χ3v) is 2.96. The molecule has 0 aliphatic heterocycles. The number of hydrogen-bond acceptors (Lipinski definition) is 1. The van der Waals surface area contributed by atoms with Crippen LogP contribution in [0.1, 0.15) is 58.7 Å². The summed E-state index contributed by atoms with van der Waals surface area (Å²) in [5, 5.41) is 3.56. The van der Waals surface area contributed by atoms with Gasteiger partial charge >= 0.3 is 0 Å². The van der Waals surface area contributed by atoms with Gasteiger partial charge in [0.15, 0.2) is 0 Å². The highest BCUT2D eigenvalue weighted by Crippen LogP contribution is 2.25. The van der Waals surface area contributed by atoms with Gasteiger partial charge in [0.05, 0.1) is 6.04 Å². The van der Waals surface area contributed by atoms with Crippen molar-refractivity contribution in [2.75, 3.05) is 0 Å². The van der Waals surface area contributed by atoms with Crippen LogP contribution in [0.4, 0.5) is 0 Å². The molecule has 0 aliphatic rings. The maximum Gasteiger partial charge on any atom is 0.0507 e. The van der Waals surface area contributed by atoms with Gasteiger partial charge in [-0.1, -0.05) is 51.1 Å². The maximum absolute atomic E-state index is 3.93. The van der Waals surface area contributed by atoms with Crippen molar-refractivity contribution < 1.29 is 0 Å². The van der Waals surface area contributed by atoms with E-state index in [9.17, 15) is 0 Å². The molecular formula is C17H27N. The highest BCUT2D eigenvalue weighted by molar-refractivity contribution is 5.31. The van der Waals surface area contributed by atoms with Crippen LogP contribution in [-0.4, -0.2) is 5.54 Å². The highest BCUT2D eigenvalue weighted by Gasteiger charge is 2.17. The first-order valence-corrected chi connectivity index (χ1v) is 6.64. The first-order chi connectivity index (χ1) is 8.13. The van der Waals surface area contributed by atoms with E-state index in [1.54, 1.807) is 0 Å². The van der Waals surface area contributed by atoms with Gasteiger partial charge in [-0.2, -0.15) is 0 Å². The van der Waals surface area contributed by atoms with Gasteiger partial charge in [-0.05, 0) is 37.3 Å². The fraction of sp³-hybridized carbons (Fsp3) is 0.529. The Labute approximate surface area is 112 Å². The summed E-state index contributed by atoms with van der Waals surface area (Å²) >= 11 is 0. The quantitative estimate of drug-likeness (QED) is 0.767. The van der Waals surface area contributed by atoms with E-state index < -0.39 is 0 Å². The molecule has 0 heterocycles. The first-order valence-electron chi connectivity index (χ1n) is 6.64. The zero-order valence-corrected chi connectivity index (χ0v) is 12.7. The molecule has 0 amide bonds. The number of hydrogen-bond donors (Lipinski definition) is 1. The Morgan fingerprint density at radius 1 is 1.00 bits per heavy atom. The lowest BCUT2D eigenvalue weighted by atomic mass is 9.86. The van der Waals surface area contributed by atoms with Crippen LogP contribution in [0, 0.1) is 0 Å². The number of rotatable bonds is 3. The van der Waals surface area contributed by atoms with E-state index in [1.807, 2.05) is 6.08 Å². The van der Waals surface area contributed by atoms with E-state index in [1.165, 1.54) is 11.1 Å². The second-order valence-electron chi connectivity index (χ2n) is 6.98. The molecule has 100 valence electrons. The van der Waals surface area contributed by atoms with Gasteiger partial charge in [-0.15, -0.1) is 6.58 Å². The van der Waals surface area contributed by atoms with Crippen LogP contribution in [0.2, 0.25) is 0 Å². The van der Waals surface area contributed by atoms with Crippen molar-refractivity contribution in [3.05, 3.63) is 48.0 Å². The normalized spacial score (nSPS) is 14.3. The van der Waals surface area contributed by atoms with Gasteiger partial charge in [0.1, 0.15) is 0 Å². The zero-order chi connectivity index (χ0) is 14.0. The largest absolute Gasteiger partial charge is 0.302 e. The molecule has 0 unspecified atom stereocenters. The van der Waals surface area contributed by atoms with Crippen molar-refractivity contribution in [3.63, 3.8) is 0 Å². The van der Waals surface area contributed by atoms with Gasteiger partial charge in [0.25, 0.3) is 0 Å². The molecule has 0 saturated heterocycles. The lowest BCUT2D eigenvalue weighted by molar-refractivity contribution is 0.397. The van der Waals surface area contributed by atoms with Crippen LogP contribution in [0.25, 0.3) is 0 Å². The zero-order valence-electron chi connectivity index (χ0n) is 12.7.